The predicted octanol–water partition coefficient (Wildman–Crippen LogP) is 1.93. The van der Waals surface area contributed by atoms with E-state index in [-0.39, 0.29) is 0 Å². The number of carboxylic acid groups (broad SMARTS) is 1. The lowest BCUT2D eigenvalue weighted by molar-refractivity contribution is -0.298. The summed E-state index contributed by atoms with van der Waals surface area (Å²) in [5.41, 5.74) is 1.07. The van der Waals surface area contributed by atoms with Gasteiger partial charge < -0.3 is 19.4 Å². The first-order valence-electron chi connectivity index (χ1n) is 6.82. The maximum atomic E-state index is 10.8. The number of nitriles is 1. The Morgan fingerprint density at radius 1 is 1.22 bits per heavy atom. The number of ether oxygens (including phenoxy) is 2. The largest absolute Gasteiger partial charge is 0.544 e. The SMILES string of the molecule is COc1cc(/C=C(\C#N)C(=O)[O-])ccc1OCc1ccccc1. The Morgan fingerprint density at radius 3 is 2.57 bits per heavy atom. The van der Waals surface area contributed by atoms with Crippen LogP contribution in [-0.4, -0.2) is 13.1 Å². The van der Waals surface area contributed by atoms with Crippen molar-refractivity contribution in [2.75, 3.05) is 7.11 Å². The standard InChI is InChI=1S/C18H15NO4/c1-22-17-10-14(9-15(11-19)18(20)21)7-8-16(17)23-12-13-5-3-2-4-6-13/h2-10H,12H2,1H3,(H,20,21)/p-1/b15-9+. The van der Waals surface area contributed by atoms with Crippen LogP contribution in [0.3, 0.4) is 0 Å². The first-order valence-corrected chi connectivity index (χ1v) is 6.82. The van der Waals surface area contributed by atoms with Crippen LogP contribution in [0.1, 0.15) is 11.1 Å². The molecule has 0 aliphatic rings. The van der Waals surface area contributed by atoms with Crippen LogP contribution < -0.4 is 14.6 Å². The molecule has 5 heteroatoms. The Hall–Kier alpha value is -3.26. The summed E-state index contributed by atoms with van der Waals surface area (Å²) in [5, 5.41) is 19.5. The van der Waals surface area contributed by atoms with Crippen molar-refractivity contribution in [3.8, 4) is 17.6 Å². The molecule has 0 saturated heterocycles. The number of aliphatic carboxylic acids is 1. The van der Waals surface area contributed by atoms with E-state index in [1.807, 2.05) is 30.3 Å². The van der Waals surface area contributed by atoms with Crippen molar-refractivity contribution in [2.24, 2.45) is 0 Å². The molecule has 0 aromatic heterocycles. The molecule has 23 heavy (non-hydrogen) atoms. The highest BCUT2D eigenvalue weighted by molar-refractivity contribution is 5.95. The van der Waals surface area contributed by atoms with E-state index in [4.69, 9.17) is 14.7 Å². The maximum Gasteiger partial charge on any atom is 0.161 e. The predicted molar refractivity (Wildman–Crippen MR) is 82.4 cm³/mol. The summed E-state index contributed by atoms with van der Waals surface area (Å²) in [4.78, 5) is 10.8. The number of methoxy groups -OCH3 is 1. The number of rotatable bonds is 6. The molecule has 0 spiro atoms. The van der Waals surface area contributed by atoms with Crippen LogP contribution in [0, 0.1) is 11.3 Å². The van der Waals surface area contributed by atoms with Crippen LogP contribution in [-0.2, 0) is 11.4 Å². The van der Waals surface area contributed by atoms with Gasteiger partial charge in [-0.1, -0.05) is 36.4 Å². The molecule has 0 atom stereocenters. The van der Waals surface area contributed by atoms with Crippen LogP contribution in [0.25, 0.3) is 6.08 Å². The summed E-state index contributed by atoms with van der Waals surface area (Å²) >= 11 is 0. The zero-order valence-electron chi connectivity index (χ0n) is 12.5. The third kappa shape index (κ3) is 4.35. The van der Waals surface area contributed by atoms with Gasteiger partial charge in [0.05, 0.1) is 18.7 Å². The second-order valence-corrected chi connectivity index (χ2v) is 4.64. The minimum Gasteiger partial charge on any atom is -0.544 e. The molecule has 0 saturated carbocycles. The Bertz CT molecular complexity index is 760. The molecule has 2 aromatic rings. The first-order chi connectivity index (χ1) is 11.1. The molecule has 0 aliphatic heterocycles. The van der Waals surface area contributed by atoms with E-state index >= 15 is 0 Å². The lowest BCUT2D eigenvalue weighted by Gasteiger charge is -2.11. The van der Waals surface area contributed by atoms with Gasteiger partial charge in [-0.25, -0.2) is 0 Å². The smallest absolute Gasteiger partial charge is 0.161 e. The van der Waals surface area contributed by atoms with E-state index in [9.17, 15) is 9.90 Å². The number of hydrogen-bond acceptors (Lipinski definition) is 5. The van der Waals surface area contributed by atoms with E-state index in [2.05, 4.69) is 0 Å². The number of benzene rings is 2. The fourth-order valence-corrected chi connectivity index (χ4v) is 1.93. The van der Waals surface area contributed by atoms with Crippen LogP contribution >= 0.6 is 0 Å². The zero-order chi connectivity index (χ0) is 16.7. The molecule has 0 N–H and O–H groups in total. The minimum absolute atomic E-state index is 0.384. The average Bonchev–Trinajstić information content (AvgIpc) is 2.58. The Morgan fingerprint density at radius 2 is 1.96 bits per heavy atom. The summed E-state index contributed by atoms with van der Waals surface area (Å²) in [6.07, 6.45) is 1.22. The van der Waals surface area contributed by atoms with Gasteiger partial charge in [-0.2, -0.15) is 5.26 Å². The Balaban J connectivity index is 2.20. The van der Waals surface area contributed by atoms with Gasteiger partial charge in [0.15, 0.2) is 11.5 Å². The maximum absolute atomic E-state index is 10.8. The quantitative estimate of drug-likeness (QED) is 0.601. The van der Waals surface area contributed by atoms with Gasteiger partial charge in [0.1, 0.15) is 12.7 Å². The van der Waals surface area contributed by atoms with E-state index < -0.39 is 11.5 Å². The van der Waals surface area contributed by atoms with Gasteiger partial charge in [0.25, 0.3) is 0 Å². The summed E-state index contributed by atoms with van der Waals surface area (Å²) in [6.45, 7) is 0.384. The third-order valence-electron chi connectivity index (χ3n) is 3.08. The Kier molecular flexibility index (Phi) is 5.37. The normalized spacial score (nSPS) is 10.7. The number of carboxylic acids is 1. The molecule has 2 rings (SSSR count). The van der Waals surface area contributed by atoms with Crippen LogP contribution in [0.15, 0.2) is 54.1 Å². The van der Waals surface area contributed by atoms with Crippen molar-refractivity contribution < 1.29 is 19.4 Å². The van der Waals surface area contributed by atoms with Crippen molar-refractivity contribution in [2.45, 2.75) is 6.61 Å². The van der Waals surface area contributed by atoms with Gasteiger partial charge in [0, 0.05) is 0 Å². The third-order valence-corrected chi connectivity index (χ3v) is 3.08. The highest BCUT2D eigenvalue weighted by atomic mass is 16.5. The zero-order valence-corrected chi connectivity index (χ0v) is 12.5. The van der Waals surface area contributed by atoms with Gasteiger partial charge >= 0.3 is 0 Å². The summed E-state index contributed by atoms with van der Waals surface area (Å²) in [5.74, 6) is -0.540. The van der Waals surface area contributed by atoms with Gasteiger partial charge in [-0.15, -0.1) is 0 Å². The molecule has 0 heterocycles. The van der Waals surface area contributed by atoms with Crippen LogP contribution in [0.5, 0.6) is 11.5 Å². The van der Waals surface area contributed by atoms with Crippen molar-refractivity contribution in [1.82, 2.24) is 0 Å². The van der Waals surface area contributed by atoms with Crippen LogP contribution in [0.2, 0.25) is 0 Å². The van der Waals surface area contributed by atoms with E-state index in [0.717, 1.165) is 5.56 Å². The summed E-state index contributed by atoms with van der Waals surface area (Å²) < 4.78 is 11.0. The second kappa shape index (κ2) is 7.66. The van der Waals surface area contributed by atoms with E-state index in [1.165, 1.54) is 13.2 Å². The fraction of sp³-hybridized carbons (Fsp3) is 0.111. The van der Waals surface area contributed by atoms with Crippen LogP contribution in [0.4, 0.5) is 0 Å². The molecule has 0 amide bonds. The number of carbonyl (C=O) groups excluding carboxylic acids is 1. The topological polar surface area (TPSA) is 82.4 Å². The Labute approximate surface area is 134 Å². The molecule has 0 unspecified atom stereocenters. The molecule has 5 nitrogen and oxygen atoms in total. The molecule has 0 aliphatic carbocycles. The lowest BCUT2D eigenvalue weighted by Crippen LogP contribution is -2.23. The van der Waals surface area contributed by atoms with Gasteiger partial charge in [0.2, 0.25) is 0 Å². The average molecular weight is 308 g/mol. The molecule has 0 bridgehead atoms. The van der Waals surface area contributed by atoms with Gasteiger partial charge in [-0.3, -0.25) is 0 Å². The molecular formula is C18H14NO4-. The lowest BCUT2D eigenvalue weighted by atomic mass is 10.1. The number of nitrogens with zero attached hydrogens (tertiary/aromatic N) is 1. The highest BCUT2D eigenvalue weighted by Gasteiger charge is 2.06. The fourth-order valence-electron chi connectivity index (χ4n) is 1.93. The summed E-state index contributed by atoms with van der Waals surface area (Å²) in [6, 6.07) is 16.1. The second-order valence-electron chi connectivity index (χ2n) is 4.64. The molecule has 2 aromatic carbocycles. The van der Waals surface area contributed by atoms with Gasteiger partial charge in [-0.05, 0) is 29.3 Å². The molecular weight excluding hydrogens is 294 g/mol. The monoisotopic (exact) mass is 308 g/mol. The molecule has 0 fully saturated rings. The first kappa shape index (κ1) is 16.1. The number of carbonyl (C=O) groups is 1. The molecule has 116 valence electrons. The molecule has 0 radical (unpaired) electrons. The van der Waals surface area contributed by atoms with E-state index in [0.29, 0.717) is 23.7 Å². The van der Waals surface area contributed by atoms with Crippen molar-refractivity contribution in [3.63, 3.8) is 0 Å². The van der Waals surface area contributed by atoms with E-state index in [1.54, 1.807) is 24.3 Å². The van der Waals surface area contributed by atoms with Crippen molar-refractivity contribution >= 4 is 12.0 Å². The van der Waals surface area contributed by atoms with Crippen molar-refractivity contribution in [3.05, 3.63) is 65.2 Å². The minimum atomic E-state index is -1.52. The van der Waals surface area contributed by atoms with Crippen molar-refractivity contribution in [1.29, 1.82) is 5.26 Å². The summed E-state index contributed by atoms with van der Waals surface area (Å²) in [7, 11) is 1.49. The highest BCUT2D eigenvalue weighted by Crippen LogP contribution is 2.29. The number of hydrogen-bond donors (Lipinski definition) is 0.